The lowest BCUT2D eigenvalue weighted by molar-refractivity contribution is -0.120. The Morgan fingerprint density at radius 3 is 3.00 bits per heavy atom. The van der Waals surface area contributed by atoms with Gasteiger partial charge >= 0.3 is 0 Å². The van der Waals surface area contributed by atoms with Crippen molar-refractivity contribution in [2.24, 2.45) is 0 Å². The maximum atomic E-state index is 11.8. The van der Waals surface area contributed by atoms with Gasteiger partial charge < -0.3 is 14.5 Å². The van der Waals surface area contributed by atoms with Gasteiger partial charge in [0.25, 0.3) is 0 Å². The maximum Gasteiger partial charge on any atom is 0.224 e. The molecule has 5 heteroatoms. The molecule has 1 N–H and O–H groups in total. The second kappa shape index (κ2) is 6.75. The monoisotopic (exact) mass is 274 g/mol. The Morgan fingerprint density at radius 2 is 2.30 bits per heavy atom. The van der Waals surface area contributed by atoms with Crippen LogP contribution in [0, 0.1) is 6.92 Å². The first-order valence-electron chi connectivity index (χ1n) is 6.48. The SMILES string of the molecule is COc1cccc(CC(=O)NCCc2coc(C)n2)c1. The van der Waals surface area contributed by atoms with Gasteiger partial charge in [-0.1, -0.05) is 12.1 Å². The molecule has 0 spiro atoms. The molecule has 2 rings (SSSR count). The molecule has 0 aliphatic heterocycles. The van der Waals surface area contributed by atoms with Crippen molar-refractivity contribution in [1.82, 2.24) is 10.3 Å². The number of hydrogen-bond acceptors (Lipinski definition) is 4. The van der Waals surface area contributed by atoms with Gasteiger partial charge in [-0.15, -0.1) is 0 Å². The van der Waals surface area contributed by atoms with Crippen molar-refractivity contribution in [1.29, 1.82) is 0 Å². The molecule has 2 aromatic rings. The van der Waals surface area contributed by atoms with Crippen LogP contribution < -0.4 is 10.1 Å². The molecule has 1 aromatic heterocycles. The molecule has 0 unspecified atom stereocenters. The van der Waals surface area contributed by atoms with Crippen molar-refractivity contribution >= 4 is 5.91 Å². The number of aryl methyl sites for hydroxylation is 1. The Hall–Kier alpha value is -2.30. The standard InChI is InChI=1S/C15H18N2O3/c1-11-17-13(10-20-11)6-7-16-15(18)9-12-4-3-5-14(8-12)19-2/h3-5,8,10H,6-7,9H2,1-2H3,(H,16,18). The van der Waals surface area contributed by atoms with E-state index in [0.29, 0.717) is 25.3 Å². The highest BCUT2D eigenvalue weighted by atomic mass is 16.5. The van der Waals surface area contributed by atoms with Crippen molar-refractivity contribution in [3.05, 3.63) is 47.7 Å². The Kier molecular flexibility index (Phi) is 4.76. The van der Waals surface area contributed by atoms with Crippen LogP contribution in [0.3, 0.4) is 0 Å². The molecule has 1 amide bonds. The average molecular weight is 274 g/mol. The summed E-state index contributed by atoms with van der Waals surface area (Å²) in [5.41, 5.74) is 1.78. The summed E-state index contributed by atoms with van der Waals surface area (Å²) in [7, 11) is 1.61. The molecule has 0 saturated heterocycles. The van der Waals surface area contributed by atoms with Crippen molar-refractivity contribution in [2.45, 2.75) is 19.8 Å². The highest BCUT2D eigenvalue weighted by Crippen LogP contribution is 2.12. The Labute approximate surface area is 118 Å². The van der Waals surface area contributed by atoms with Crippen LogP contribution in [0.4, 0.5) is 0 Å². The first kappa shape index (κ1) is 14.1. The second-order valence-electron chi connectivity index (χ2n) is 4.49. The van der Waals surface area contributed by atoms with Gasteiger partial charge in [-0.05, 0) is 17.7 Å². The Balaban J connectivity index is 1.77. The zero-order valence-corrected chi connectivity index (χ0v) is 11.7. The fraction of sp³-hybridized carbons (Fsp3) is 0.333. The van der Waals surface area contributed by atoms with E-state index >= 15 is 0 Å². The third kappa shape index (κ3) is 4.12. The summed E-state index contributed by atoms with van der Waals surface area (Å²) in [6.45, 7) is 2.35. The van der Waals surface area contributed by atoms with E-state index in [0.717, 1.165) is 17.0 Å². The first-order valence-corrected chi connectivity index (χ1v) is 6.48. The zero-order chi connectivity index (χ0) is 14.4. The normalized spacial score (nSPS) is 10.3. The topological polar surface area (TPSA) is 64.4 Å². The molecule has 5 nitrogen and oxygen atoms in total. The van der Waals surface area contributed by atoms with E-state index in [-0.39, 0.29) is 5.91 Å². The van der Waals surface area contributed by atoms with E-state index in [1.807, 2.05) is 24.3 Å². The number of rotatable bonds is 6. The van der Waals surface area contributed by atoms with Crippen LogP contribution in [0.5, 0.6) is 5.75 Å². The average Bonchev–Trinajstić information content (AvgIpc) is 2.84. The van der Waals surface area contributed by atoms with Gasteiger partial charge in [0.1, 0.15) is 12.0 Å². The molecule has 106 valence electrons. The lowest BCUT2D eigenvalue weighted by atomic mass is 10.1. The summed E-state index contributed by atoms with van der Waals surface area (Å²) in [6, 6.07) is 7.50. The van der Waals surface area contributed by atoms with Crippen LogP contribution >= 0.6 is 0 Å². The van der Waals surface area contributed by atoms with Gasteiger partial charge in [0, 0.05) is 19.9 Å². The van der Waals surface area contributed by atoms with Crippen molar-refractivity contribution in [2.75, 3.05) is 13.7 Å². The van der Waals surface area contributed by atoms with Crippen LogP contribution in [-0.2, 0) is 17.6 Å². The maximum absolute atomic E-state index is 11.8. The number of benzene rings is 1. The fourth-order valence-corrected chi connectivity index (χ4v) is 1.88. The predicted octanol–water partition coefficient (Wildman–Crippen LogP) is 1.89. The predicted molar refractivity (Wildman–Crippen MR) is 74.7 cm³/mol. The fourth-order valence-electron chi connectivity index (χ4n) is 1.88. The van der Waals surface area contributed by atoms with Gasteiger partial charge in [0.2, 0.25) is 5.91 Å². The number of methoxy groups -OCH3 is 1. The molecule has 0 aliphatic rings. The quantitative estimate of drug-likeness (QED) is 0.873. The summed E-state index contributed by atoms with van der Waals surface area (Å²) < 4.78 is 10.2. The Morgan fingerprint density at radius 1 is 1.45 bits per heavy atom. The van der Waals surface area contributed by atoms with Gasteiger partial charge in [0.15, 0.2) is 5.89 Å². The van der Waals surface area contributed by atoms with E-state index in [2.05, 4.69) is 10.3 Å². The summed E-state index contributed by atoms with van der Waals surface area (Å²) in [5.74, 6) is 1.38. The van der Waals surface area contributed by atoms with Crippen LogP contribution in [0.1, 0.15) is 17.1 Å². The van der Waals surface area contributed by atoms with E-state index in [1.165, 1.54) is 0 Å². The number of nitrogens with one attached hydrogen (secondary N) is 1. The zero-order valence-electron chi connectivity index (χ0n) is 11.7. The number of hydrogen-bond donors (Lipinski definition) is 1. The molecule has 1 heterocycles. The highest BCUT2D eigenvalue weighted by Gasteiger charge is 2.05. The molecule has 0 saturated carbocycles. The molecule has 0 radical (unpaired) electrons. The summed E-state index contributed by atoms with van der Waals surface area (Å²) in [5, 5.41) is 2.86. The van der Waals surface area contributed by atoms with Crippen molar-refractivity contribution in [3.63, 3.8) is 0 Å². The minimum Gasteiger partial charge on any atom is -0.497 e. The van der Waals surface area contributed by atoms with Crippen LogP contribution in [0.15, 0.2) is 34.9 Å². The minimum atomic E-state index is -0.0153. The number of ether oxygens (including phenoxy) is 1. The molecule has 0 aliphatic carbocycles. The number of aromatic nitrogens is 1. The summed E-state index contributed by atoms with van der Waals surface area (Å²) in [4.78, 5) is 16.0. The molecule has 0 bridgehead atoms. The molecule has 1 aromatic carbocycles. The van der Waals surface area contributed by atoms with Crippen LogP contribution in [-0.4, -0.2) is 24.5 Å². The lowest BCUT2D eigenvalue weighted by Crippen LogP contribution is -2.27. The van der Waals surface area contributed by atoms with Crippen LogP contribution in [0.2, 0.25) is 0 Å². The number of nitrogens with zero attached hydrogens (tertiary/aromatic N) is 1. The molecular weight excluding hydrogens is 256 g/mol. The van der Waals surface area contributed by atoms with E-state index in [1.54, 1.807) is 20.3 Å². The number of amides is 1. The molecule has 0 fully saturated rings. The number of carbonyl (C=O) groups is 1. The summed E-state index contributed by atoms with van der Waals surface area (Å²) >= 11 is 0. The van der Waals surface area contributed by atoms with Crippen LogP contribution in [0.25, 0.3) is 0 Å². The number of oxazole rings is 1. The smallest absolute Gasteiger partial charge is 0.224 e. The number of carbonyl (C=O) groups excluding carboxylic acids is 1. The van der Waals surface area contributed by atoms with E-state index in [9.17, 15) is 4.79 Å². The first-order chi connectivity index (χ1) is 9.67. The largest absolute Gasteiger partial charge is 0.497 e. The summed E-state index contributed by atoms with van der Waals surface area (Å²) in [6.07, 6.45) is 2.62. The van der Waals surface area contributed by atoms with Crippen molar-refractivity contribution < 1.29 is 13.9 Å². The molecule has 0 atom stereocenters. The van der Waals surface area contributed by atoms with E-state index in [4.69, 9.17) is 9.15 Å². The lowest BCUT2D eigenvalue weighted by Gasteiger charge is -2.05. The van der Waals surface area contributed by atoms with Gasteiger partial charge in [-0.25, -0.2) is 4.98 Å². The van der Waals surface area contributed by atoms with Crippen molar-refractivity contribution in [3.8, 4) is 5.75 Å². The second-order valence-corrected chi connectivity index (χ2v) is 4.49. The van der Waals surface area contributed by atoms with E-state index < -0.39 is 0 Å². The molecule has 20 heavy (non-hydrogen) atoms. The van der Waals surface area contributed by atoms with Gasteiger partial charge in [0.05, 0.1) is 19.2 Å². The van der Waals surface area contributed by atoms with Gasteiger partial charge in [-0.3, -0.25) is 4.79 Å². The highest BCUT2D eigenvalue weighted by molar-refractivity contribution is 5.78. The third-order valence-electron chi connectivity index (χ3n) is 2.87. The van der Waals surface area contributed by atoms with Gasteiger partial charge in [-0.2, -0.15) is 0 Å². The Bertz CT molecular complexity index is 578. The minimum absolute atomic E-state index is 0.0153. The third-order valence-corrected chi connectivity index (χ3v) is 2.87. The molecular formula is C15H18N2O3.